The van der Waals surface area contributed by atoms with Crippen molar-refractivity contribution in [1.82, 2.24) is 10.2 Å². The monoisotopic (exact) mass is 344 g/mol. The molecule has 0 radical (unpaired) electrons. The van der Waals surface area contributed by atoms with Crippen LogP contribution in [-0.4, -0.2) is 28.6 Å². The van der Waals surface area contributed by atoms with Crippen LogP contribution in [-0.2, 0) is 11.2 Å². The standard InChI is InChI=1S/C17H20N4O2S/c1-10(2)16-19-20-17(24-16)15(23)18-13-6-7-14-12(9-13)5-4-8-21(14)11(3)22/h6-7,9-10H,4-5,8H2,1-3H3,(H,18,23). The van der Waals surface area contributed by atoms with E-state index >= 15 is 0 Å². The molecule has 0 spiro atoms. The van der Waals surface area contributed by atoms with E-state index in [0.717, 1.165) is 35.6 Å². The number of carbonyl (C=O) groups excluding carboxylic acids is 2. The van der Waals surface area contributed by atoms with Gasteiger partial charge in [-0.05, 0) is 36.6 Å². The van der Waals surface area contributed by atoms with Gasteiger partial charge in [0.1, 0.15) is 5.01 Å². The molecule has 1 aromatic heterocycles. The summed E-state index contributed by atoms with van der Waals surface area (Å²) in [6, 6.07) is 5.65. The maximum absolute atomic E-state index is 12.3. The van der Waals surface area contributed by atoms with Crippen LogP contribution >= 0.6 is 11.3 Å². The van der Waals surface area contributed by atoms with E-state index < -0.39 is 0 Å². The summed E-state index contributed by atoms with van der Waals surface area (Å²) in [5.74, 6) is 0.0479. The largest absolute Gasteiger partial charge is 0.320 e. The summed E-state index contributed by atoms with van der Waals surface area (Å²) in [7, 11) is 0. The quantitative estimate of drug-likeness (QED) is 0.928. The molecule has 0 aliphatic carbocycles. The summed E-state index contributed by atoms with van der Waals surface area (Å²) >= 11 is 1.31. The minimum atomic E-state index is -0.251. The molecule has 1 aliphatic heterocycles. The van der Waals surface area contributed by atoms with Gasteiger partial charge in [-0.15, -0.1) is 10.2 Å². The molecule has 0 saturated heterocycles. The van der Waals surface area contributed by atoms with Gasteiger partial charge in [0.2, 0.25) is 10.9 Å². The second-order valence-electron chi connectivity index (χ2n) is 6.17. The molecule has 0 fully saturated rings. The van der Waals surface area contributed by atoms with Crippen LogP contribution in [0.15, 0.2) is 18.2 Å². The smallest absolute Gasteiger partial charge is 0.286 e. The number of nitrogens with zero attached hydrogens (tertiary/aromatic N) is 3. The highest BCUT2D eigenvalue weighted by Crippen LogP contribution is 2.30. The van der Waals surface area contributed by atoms with Gasteiger partial charge in [0.25, 0.3) is 5.91 Å². The summed E-state index contributed by atoms with van der Waals surface area (Å²) in [5.41, 5.74) is 2.73. The molecule has 2 aromatic rings. The number of aromatic nitrogens is 2. The number of hydrogen-bond acceptors (Lipinski definition) is 5. The number of fused-ring (bicyclic) bond motifs is 1. The normalized spacial score (nSPS) is 13.8. The van der Waals surface area contributed by atoms with Gasteiger partial charge < -0.3 is 10.2 Å². The van der Waals surface area contributed by atoms with Crippen molar-refractivity contribution in [3.63, 3.8) is 0 Å². The molecule has 0 bridgehead atoms. The predicted molar refractivity (Wildman–Crippen MR) is 94.7 cm³/mol. The first kappa shape index (κ1) is 16.6. The highest BCUT2D eigenvalue weighted by Gasteiger charge is 2.21. The number of nitrogens with one attached hydrogen (secondary N) is 1. The molecule has 0 saturated carbocycles. The van der Waals surface area contributed by atoms with Crippen molar-refractivity contribution >= 4 is 34.5 Å². The number of rotatable bonds is 3. The highest BCUT2D eigenvalue weighted by atomic mass is 32.1. The molecule has 0 unspecified atom stereocenters. The molecule has 7 heteroatoms. The second-order valence-corrected chi connectivity index (χ2v) is 7.18. The molecule has 1 aromatic carbocycles. The molecule has 1 aliphatic rings. The van der Waals surface area contributed by atoms with Gasteiger partial charge in [-0.1, -0.05) is 25.2 Å². The van der Waals surface area contributed by atoms with E-state index in [2.05, 4.69) is 15.5 Å². The van der Waals surface area contributed by atoms with Crippen LogP contribution in [0.4, 0.5) is 11.4 Å². The number of hydrogen-bond donors (Lipinski definition) is 1. The lowest BCUT2D eigenvalue weighted by atomic mass is 10.0. The lowest BCUT2D eigenvalue weighted by molar-refractivity contribution is -0.116. The minimum Gasteiger partial charge on any atom is -0.320 e. The Kier molecular flexibility index (Phi) is 4.62. The van der Waals surface area contributed by atoms with Crippen LogP contribution < -0.4 is 10.2 Å². The number of aryl methyl sites for hydroxylation is 1. The van der Waals surface area contributed by atoms with Crippen LogP contribution in [0.2, 0.25) is 0 Å². The van der Waals surface area contributed by atoms with Gasteiger partial charge in [-0.25, -0.2) is 0 Å². The van der Waals surface area contributed by atoms with Crippen LogP contribution in [0.1, 0.15) is 53.5 Å². The third kappa shape index (κ3) is 3.31. The Morgan fingerprint density at radius 2 is 2.08 bits per heavy atom. The van der Waals surface area contributed by atoms with Crippen molar-refractivity contribution in [1.29, 1.82) is 0 Å². The van der Waals surface area contributed by atoms with Gasteiger partial charge in [0, 0.05) is 30.8 Å². The van der Waals surface area contributed by atoms with E-state index in [9.17, 15) is 9.59 Å². The lowest BCUT2D eigenvalue weighted by Crippen LogP contribution is -2.33. The number of carbonyl (C=O) groups is 2. The number of amides is 2. The second kappa shape index (κ2) is 6.68. The first-order valence-electron chi connectivity index (χ1n) is 8.01. The van der Waals surface area contributed by atoms with Crippen LogP contribution in [0.3, 0.4) is 0 Å². The molecule has 0 atom stereocenters. The van der Waals surface area contributed by atoms with Crippen molar-refractivity contribution in [3.8, 4) is 0 Å². The summed E-state index contributed by atoms with van der Waals surface area (Å²) in [6.07, 6.45) is 1.83. The minimum absolute atomic E-state index is 0.0443. The Morgan fingerprint density at radius 3 is 2.75 bits per heavy atom. The lowest BCUT2D eigenvalue weighted by Gasteiger charge is -2.28. The van der Waals surface area contributed by atoms with Crippen molar-refractivity contribution in [2.45, 2.75) is 39.5 Å². The van der Waals surface area contributed by atoms with E-state index in [0.29, 0.717) is 10.7 Å². The number of benzene rings is 1. The van der Waals surface area contributed by atoms with E-state index in [4.69, 9.17) is 0 Å². The van der Waals surface area contributed by atoms with E-state index in [1.54, 1.807) is 11.8 Å². The molecule has 126 valence electrons. The Balaban J connectivity index is 1.78. The number of anilines is 2. The summed E-state index contributed by atoms with van der Waals surface area (Å²) in [5, 5.41) is 12.1. The van der Waals surface area contributed by atoms with Gasteiger partial charge in [-0.3, -0.25) is 9.59 Å². The summed E-state index contributed by atoms with van der Waals surface area (Å²) in [4.78, 5) is 25.8. The first-order chi connectivity index (χ1) is 11.5. The highest BCUT2D eigenvalue weighted by molar-refractivity contribution is 7.13. The molecule has 6 nitrogen and oxygen atoms in total. The van der Waals surface area contributed by atoms with Gasteiger partial charge >= 0.3 is 0 Å². The fourth-order valence-corrected chi connectivity index (χ4v) is 3.49. The zero-order valence-corrected chi connectivity index (χ0v) is 14.8. The predicted octanol–water partition coefficient (Wildman–Crippen LogP) is 3.21. The van der Waals surface area contributed by atoms with Crippen LogP contribution in [0, 0.1) is 0 Å². The van der Waals surface area contributed by atoms with Gasteiger partial charge in [0.05, 0.1) is 0 Å². The summed E-state index contributed by atoms with van der Waals surface area (Å²) in [6.45, 7) is 6.36. The zero-order chi connectivity index (χ0) is 17.3. The first-order valence-corrected chi connectivity index (χ1v) is 8.83. The zero-order valence-electron chi connectivity index (χ0n) is 14.0. The van der Waals surface area contributed by atoms with E-state index in [1.807, 2.05) is 32.0 Å². The molecular weight excluding hydrogens is 324 g/mol. The Hall–Kier alpha value is -2.28. The fourth-order valence-electron chi connectivity index (χ4n) is 2.75. The van der Waals surface area contributed by atoms with Crippen LogP contribution in [0.25, 0.3) is 0 Å². The third-order valence-electron chi connectivity index (χ3n) is 3.96. The summed E-state index contributed by atoms with van der Waals surface area (Å²) < 4.78 is 0. The van der Waals surface area contributed by atoms with E-state index in [1.165, 1.54) is 11.3 Å². The van der Waals surface area contributed by atoms with Gasteiger partial charge in [-0.2, -0.15) is 0 Å². The third-order valence-corrected chi connectivity index (χ3v) is 5.19. The molecular formula is C17H20N4O2S. The Morgan fingerprint density at radius 1 is 1.29 bits per heavy atom. The van der Waals surface area contributed by atoms with E-state index in [-0.39, 0.29) is 17.7 Å². The Bertz CT molecular complexity index is 785. The molecule has 2 amide bonds. The average molecular weight is 344 g/mol. The SMILES string of the molecule is CC(=O)N1CCCc2cc(NC(=O)c3nnc(C(C)C)s3)ccc21. The molecule has 2 heterocycles. The maximum atomic E-state index is 12.3. The van der Waals surface area contributed by atoms with Crippen molar-refractivity contribution in [2.24, 2.45) is 0 Å². The Labute approximate surface area is 144 Å². The average Bonchev–Trinajstić information content (AvgIpc) is 3.04. The van der Waals surface area contributed by atoms with Crippen molar-refractivity contribution < 1.29 is 9.59 Å². The van der Waals surface area contributed by atoms with Crippen LogP contribution in [0.5, 0.6) is 0 Å². The maximum Gasteiger partial charge on any atom is 0.286 e. The molecule has 24 heavy (non-hydrogen) atoms. The molecule has 3 rings (SSSR count). The van der Waals surface area contributed by atoms with Crippen molar-refractivity contribution in [2.75, 3.05) is 16.8 Å². The van der Waals surface area contributed by atoms with Crippen molar-refractivity contribution in [3.05, 3.63) is 33.8 Å². The van der Waals surface area contributed by atoms with Gasteiger partial charge in [0.15, 0.2) is 0 Å². The fraction of sp³-hybridized carbons (Fsp3) is 0.412. The topological polar surface area (TPSA) is 75.2 Å². The molecule has 1 N–H and O–H groups in total.